The number of rotatable bonds is 1. The maximum atomic E-state index is 4.27. The molecule has 0 saturated heterocycles. The Labute approximate surface area is 85.8 Å². The zero-order valence-corrected chi connectivity index (χ0v) is 9.03. The van der Waals surface area contributed by atoms with E-state index in [1.165, 1.54) is 31.4 Å². The van der Waals surface area contributed by atoms with Gasteiger partial charge in [-0.3, -0.25) is 0 Å². The Balaban J connectivity index is 2.30. The summed E-state index contributed by atoms with van der Waals surface area (Å²) in [5.74, 6) is 0.730. The predicted molar refractivity (Wildman–Crippen MR) is 57.0 cm³/mol. The molecule has 1 saturated carbocycles. The van der Waals surface area contributed by atoms with Crippen LogP contribution in [0.25, 0.3) is 0 Å². The van der Waals surface area contributed by atoms with Gasteiger partial charge in [-0.1, -0.05) is 26.7 Å². The van der Waals surface area contributed by atoms with Crippen molar-refractivity contribution in [2.24, 2.45) is 5.92 Å². The second-order valence-electron chi connectivity index (χ2n) is 4.67. The van der Waals surface area contributed by atoms with Crippen LogP contribution in [-0.2, 0) is 5.41 Å². The van der Waals surface area contributed by atoms with Gasteiger partial charge in [0.1, 0.15) is 0 Å². The third-order valence-corrected chi connectivity index (χ3v) is 3.83. The third-order valence-electron chi connectivity index (χ3n) is 3.83. The molecule has 2 atom stereocenters. The second-order valence-corrected chi connectivity index (χ2v) is 4.67. The van der Waals surface area contributed by atoms with E-state index in [0.717, 1.165) is 5.92 Å². The molecule has 14 heavy (non-hydrogen) atoms. The van der Waals surface area contributed by atoms with Crippen molar-refractivity contribution >= 4 is 0 Å². The molecule has 0 spiro atoms. The summed E-state index contributed by atoms with van der Waals surface area (Å²) in [4.78, 5) is 0. The number of nitrogens with zero attached hydrogens (tertiary/aromatic N) is 2. The quantitative estimate of drug-likeness (QED) is 0.680. The van der Waals surface area contributed by atoms with Crippen molar-refractivity contribution in [2.75, 3.05) is 0 Å². The van der Waals surface area contributed by atoms with Crippen molar-refractivity contribution in [2.45, 2.75) is 44.9 Å². The lowest BCUT2D eigenvalue weighted by Crippen LogP contribution is -2.34. The van der Waals surface area contributed by atoms with E-state index in [4.69, 9.17) is 0 Å². The van der Waals surface area contributed by atoms with Gasteiger partial charge in [-0.05, 0) is 30.9 Å². The van der Waals surface area contributed by atoms with Gasteiger partial charge in [0.25, 0.3) is 0 Å². The molecule has 2 unspecified atom stereocenters. The Kier molecular flexibility index (Phi) is 2.53. The molecule has 2 rings (SSSR count). The molecule has 1 aromatic rings. The van der Waals surface area contributed by atoms with Crippen LogP contribution >= 0.6 is 0 Å². The van der Waals surface area contributed by atoms with E-state index in [1.807, 2.05) is 6.07 Å². The summed E-state index contributed by atoms with van der Waals surface area (Å²) in [6.45, 7) is 4.68. The van der Waals surface area contributed by atoms with Gasteiger partial charge in [0, 0.05) is 11.6 Å². The van der Waals surface area contributed by atoms with E-state index in [9.17, 15) is 0 Å². The van der Waals surface area contributed by atoms with Crippen molar-refractivity contribution in [3.63, 3.8) is 0 Å². The zero-order valence-electron chi connectivity index (χ0n) is 9.03. The molecule has 2 heteroatoms. The van der Waals surface area contributed by atoms with Crippen LogP contribution in [0.1, 0.15) is 45.2 Å². The lowest BCUT2D eigenvalue weighted by atomic mass is 9.66. The highest BCUT2D eigenvalue weighted by atomic mass is 15.1. The van der Waals surface area contributed by atoms with E-state index in [2.05, 4.69) is 30.1 Å². The molecule has 1 fully saturated rings. The largest absolute Gasteiger partial charge is 0.159 e. The normalized spacial score (nSPS) is 32.9. The first kappa shape index (κ1) is 9.63. The summed E-state index contributed by atoms with van der Waals surface area (Å²) < 4.78 is 0. The smallest absolute Gasteiger partial charge is 0.0692 e. The van der Waals surface area contributed by atoms with Crippen LogP contribution in [-0.4, -0.2) is 10.2 Å². The summed E-state index contributed by atoms with van der Waals surface area (Å²) in [5.41, 5.74) is 1.43. The molecular formula is C12H18N2. The highest BCUT2D eigenvalue weighted by Gasteiger charge is 2.36. The maximum Gasteiger partial charge on any atom is 0.0692 e. The van der Waals surface area contributed by atoms with Gasteiger partial charge < -0.3 is 0 Å². The van der Waals surface area contributed by atoms with E-state index in [0.29, 0.717) is 0 Å². The number of aromatic nitrogens is 2. The van der Waals surface area contributed by atoms with E-state index >= 15 is 0 Å². The molecule has 0 bridgehead atoms. The maximum absolute atomic E-state index is 4.27. The standard InChI is InChI=1S/C12H18N2/c1-10-6-3-4-8-12(10,2)11-7-5-9-13-14-11/h5,7,9-10H,3-4,6,8H2,1-2H3. The first-order valence-electron chi connectivity index (χ1n) is 5.51. The van der Waals surface area contributed by atoms with E-state index in [-0.39, 0.29) is 5.41 Å². The second kappa shape index (κ2) is 3.68. The summed E-state index contributed by atoms with van der Waals surface area (Å²) >= 11 is 0. The summed E-state index contributed by atoms with van der Waals surface area (Å²) in [6.07, 6.45) is 7.04. The highest BCUT2D eigenvalue weighted by molar-refractivity contribution is 5.16. The fraction of sp³-hybridized carbons (Fsp3) is 0.667. The average Bonchev–Trinajstić information content (AvgIpc) is 2.24. The Morgan fingerprint density at radius 2 is 2.29 bits per heavy atom. The van der Waals surface area contributed by atoms with Crippen molar-refractivity contribution in [3.8, 4) is 0 Å². The molecule has 1 aromatic heterocycles. The molecule has 2 nitrogen and oxygen atoms in total. The van der Waals surface area contributed by atoms with E-state index in [1.54, 1.807) is 6.20 Å². The molecule has 0 aromatic carbocycles. The monoisotopic (exact) mass is 190 g/mol. The van der Waals surface area contributed by atoms with Crippen LogP contribution in [0.5, 0.6) is 0 Å². The first-order valence-corrected chi connectivity index (χ1v) is 5.51. The Morgan fingerprint density at radius 3 is 2.93 bits per heavy atom. The summed E-state index contributed by atoms with van der Waals surface area (Å²) in [5, 5.41) is 8.26. The molecule has 1 aliphatic carbocycles. The Bertz CT molecular complexity index is 296. The predicted octanol–water partition coefficient (Wildman–Crippen LogP) is 2.94. The molecular weight excluding hydrogens is 172 g/mol. The third kappa shape index (κ3) is 1.54. The van der Waals surface area contributed by atoms with Gasteiger partial charge in [-0.2, -0.15) is 10.2 Å². The molecule has 76 valence electrons. The van der Waals surface area contributed by atoms with Gasteiger partial charge in [-0.15, -0.1) is 0 Å². The minimum absolute atomic E-state index is 0.256. The minimum Gasteiger partial charge on any atom is -0.159 e. The van der Waals surface area contributed by atoms with E-state index < -0.39 is 0 Å². The number of hydrogen-bond donors (Lipinski definition) is 0. The van der Waals surface area contributed by atoms with Gasteiger partial charge in [-0.25, -0.2) is 0 Å². The molecule has 1 aliphatic rings. The first-order chi connectivity index (χ1) is 6.73. The van der Waals surface area contributed by atoms with Gasteiger partial charge in [0.2, 0.25) is 0 Å². The van der Waals surface area contributed by atoms with Crippen LogP contribution in [0, 0.1) is 5.92 Å². The summed E-state index contributed by atoms with van der Waals surface area (Å²) in [6, 6.07) is 4.11. The fourth-order valence-electron chi connectivity index (χ4n) is 2.49. The van der Waals surface area contributed by atoms with Crippen molar-refractivity contribution in [1.29, 1.82) is 0 Å². The molecule has 0 N–H and O–H groups in total. The molecule has 1 heterocycles. The van der Waals surface area contributed by atoms with Gasteiger partial charge in [0.05, 0.1) is 5.69 Å². The highest BCUT2D eigenvalue weighted by Crippen LogP contribution is 2.41. The molecule has 0 radical (unpaired) electrons. The zero-order chi connectivity index (χ0) is 10.0. The van der Waals surface area contributed by atoms with Crippen LogP contribution in [0.3, 0.4) is 0 Å². The topological polar surface area (TPSA) is 25.8 Å². The van der Waals surface area contributed by atoms with Crippen LogP contribution in [0.15, 0.2) is 18.3 Å². The number of hydrogen-bond acceptors (Lipinski definition) is 2. The van der Waals surface area contributed by atoms with Crippen LogP contribution in [0.2, 0.25) is 0 Å². The van der Waals surface area contributed by atoms with Crippen molar-refractivity contribution in [1.82, 2.24) is 10.2 Å². The Morgan fingerprint density at radius 1 is 1.43 bits per heavy atom. The van der Waals surface area contributed by atoms with Crippen molar-refractivity contribution in [3.05, 3.63) is 24.0 Å². The van der Waals surface area contributed by atoms with Crippen LogP contribution in [0.4, 0.5) is 0 Å². The lowest BCUT2D eigenvalue weighted by Gasteiger charge is -2.38. The molecule has 0 aliphatic heterocycles. The van der Waals surface area contributed by atoms with Crippen molar-refractivity contribution < 1.29 is 0 Å². The summed E-state index contributed by atoms with van der Waals surface area (Å²) in [7, 11) is 0. The average molecular weight is 190 g/mol. The molecule has 0 amide bonds. The van der Waals surface area contributed by atoms with Crippen LogP contribution < -0.4 is 0 Å². The Hall–Kier alpha value is -0.920. The SMILES string of the molecule is CC1CCCCC1(C)c1cccnn1. The van der Waals surface area contributed by atoms with Gasteiger partial charge in [0.15, 0.2) is 0 Å². The lowest BCUT2D eigenvalue weighted by molar-refractivity contribution is 0.214. The van der Waals surface area contributed by atoms with Gasteiger partial charge >= 0.3 is 0 Å². The minimum atomic E-state index is 0.256. The fourth-order valence-corrected chi connectivity index (χ4v) is 2.49.